The molecule has 1 heterocycles. The number of methoxy groups -OCH3 is 1. The lowest BCUT2D eigenvalue weighted by Crippen LogP contribution is -2.43. The lowest BCUT2D eigenvalue weighted by molar-refractivity contribution is 0.0657. The summed E-state index contributed by atoms with van der Waals surface area (Å²) in [7, 11) is 1.65. The van der Waals surface area contributed by atoms with Crippen molar-refractivity contribution in [2.75, 3.05) is 33.3 Å². The number of carbonyl (C=O) groups excluding carboxylic acids is 2. The van der Waals surface area contributed by atoms with E-state index < -0.39 is 0 Å². The third-order valence-corrected chi connectivity index (χ3v) is 4.68. The van der Waals surface area contributed by atoms with Crippen molar-refractivity contribution in [2.24, 2.45) is 4.99 Å². The molecule has 1 aliphatic heterocycles. The molecule has 0 saturated heterocycles. The summed E-state index contributed by atoms with van der Waals surface area (Å²) in [6.07, 6.45) is 0.805. The molecule has 0 aliphatic carbocycles. The molecule has 7 nitrogen and oxygen atoms in total. The predicted octanol–water partition coefficient (Wildman–Crippen LogP) is 2.71. The number of nitrogens with zero attached hydrogens (tertiary/aromatic N) is 2. The number of nitrogens with one attached hydrogen (secondary N) is 2. The Hall–Kier alpha value is -2.62. The minimum Gasteiger partial charge on any atom is -0.497 e. The third kappa shape index (κ3) is 5.71. The second kappa shape index (κ2) is 11.5. The molecule has 0 atom stereocenters. The molecule has 0 spiro atoms. The molecule has 3 rings (SSSR count). The number of aliphatic imine (C=N–C) groups is 1. The van der Waals surface area contributed by atoms with Crippen LogP contribution in [0.4, 0.5) is 0 Å². The molecule has 2 amide bonds. The van der Waals surface area contributed by atoms with Crippen molar-refractivity contribution >= 4 is 41.8 Å². The van der Waals surface area contributed by atoms with E-state index >= 15 is 0 Å². The largest absolute Gasteiger partial charge is 0.497 e. The van der Waals surface area contributed by atoms with Crippen LogP contribution in [-0.4, -0.2) is 56.0 Å². The summed E-state index contributed by atoms with van der Waals surface area (Å²) in [5, 5.41) is 6.38. The fourth-order valence-corrected chi connectivity index (χ4v) is 3.16. The Labute approximate surface area is 193 Å². The van der Waals surface area contributed by atoms with E-state index in [1.807, 2.05) is 31.2 Å². The SMILES string of the molecule is CCNC(=NCCc1ccc(OC)cc1)NCCN1C(=O)c2ccccc2C1=O.I. The monoisotopic (exact) mass is 522 g/mol. The summed E-state index contributed by atoms with van der Waals surface area (Å²) in [6, 6.07) is 14.8. The molecular weight excluding hydrogens is 495 g/mol. The van der Waals surface area contributed by atoms with Gasteiger partial charge in [-0.3, -0.25) is 19.5 Å². The van der Waals surface area contributed by atoms with Gasteiger partial charge in [0.1, 0.15) is 5.75 Å². The van der Waals surface area contributed by atoms with E-state index in [4.69, 9.17) is 4.74 Å². The number of hydrogen-bond acceptors (Lipinski definition) is 4. The van der Waals surface area contributed by atoms with E-state index in [-0.39, 0.29) is 42.3 Å². The van der Waals surface area contributed by atoms with Crippen molar-refractivity contribution in [1.29, 1.82) is 0 Å². The molecule has 2 aromatic carbocycles. The van der Waals surface area contributed by atoms with Crippen molar-refractivity contribution in [3.05, 3.63) is 65.2 Å². The molecule has 0 bridgehead atoms. The van der Waals surface area contributed by atoms with Gasteiger partial charge in [0.2, 0.25) is 0 Å². The average molecular weight is 522 g/mol. The molecule has 2 aromatic rings. The van der Waals surface area contributed by atoms with E-state index in [0.29, 0.717) is 30.2 Å². The molecular formula is C22H27IN4O3. The van der Waals surface area contributed by atoms with Crippen molar-refractivity contribution in [3.63, 3.8) is 0 Å². The van der Waals surface area contributed by atoms with Crippen LogP contribution in [0.5, 0.6) is 5.75 Å². The maximum Gasteiger partial charge on any atom is 0.261 e. The van der Waals surface area contributed by atoms with Gasteiger partial charge in [-0.15, -0.1) is 24.0 Å². The number of halogens is 1. The Balaban J connectivity index is 0.00000320. The highest BCUT2D eigenvalue weighted by molar-refractivity contribution is 14.0. The number of imide groups is 1. The first kappa shape index (κ1) is 23.7. The van der Waals surface area contributed by atoms with E-state index in [2.05, 4.69) is 15.6 Å². The van der Waals surface area contributed by atoms with Crippen LogP contribution in [0.3, 0.4) is 0 Å². The van der Waals surface area contributed by atoms with Crippen molar-refractivity contribution < 1.29 is 14.3 Å². The molecule has 160 valence electrons. The Bertz CT molecular complexity index is 865. The lowest BCUT2D eigenvalue weighted by Gasteiger charge is -2.16. The van der Waals surface area contributed by atoms with Gasteiger partial charge in [-0.25, -0.2) is 0 Å². The summed E-state index contributed by atoms with van der Waals surface area (Å²) in [5.74, 6) is 1.01. The van der Waals surface area contributed by atoms with Gasteiger partial charge in [-0.2, -0.15) is 0 Å². The van der Waals surface area contributed by atoms with E-state index in [1.165, 1.54) is 10.5 Å². The van der Waals surface area contributed by atoms with Crippen molar-refractivity contribution in [1.82, 2.24) is 15.5 Å². The van der Waals surface area contributed by atoms with Gasteiger partial charge in [0, 0.05) is 26.2 Å². The van der Waals surface area contributed by atoms with Crippen molar-refractivity contribution in [3.8, 4) is 5.75 Å². The fourth-order valence-electron chi connectivity index (χ4n) is 3.16. The summed E-state index contributed by atoms with van der Waals surface area (Å²) in [6.45, 7) is 4.05. The second-order valence-electron chi connectivity index (χ2n) is 6.59. The van der Waals surface area contributed by atoms with Crippen molar-refractivity contribution in [2.45, 2.75) is 13.3 Å². The molecule has 8 heteroatoms. The molecule has 0 unspecified atom stereocenters. The van der Waals surface area contributed by atoms with Gasteiger partial charge in [-0.05, 0) is 43.2 Å². The van der Waals surface area contributed by atoms with Gasteiger partial charge in [-0.1, -0.05) is 24.3 Å². The number of guanidine groups is 1. The summed E-state index contributed by atoms with van der Waals surface area (Å²) in [4.78, 5) is 30.7. The maximum absolute atomic E-state index is 12.4. The second-order valence-corrected chi connectivity index (χ2v) is 6.59. The standard InChI is InChI=1S/C22H26N4O3.HI/c1-3-23-22(24-13-12-16-8-10-17(29-2)11-9-16)25-14-15-26-20(27)18-6-4-5-7-19(18)21(26)28;/h4-11H,3,12-15H2,1-2H3,(H2,23,24,25);1H. The minimum absolute atomic E-state index is 0. The first-order valence-electron chi connectivity index (χ1n) is 9.74. The first-order valence-corrected chi connectivity index (χ1v) is 9.74. The number of ether oxygens (including phenoxy) is 1. The van der Waals surface area contributed by atoms with Crippen LogP contribution in [0.1, 0.15) is 33.2 Å². The number of amides is 2. The predicted molar refractivity (Wildman–Crippen MR) is 128 cm³/mol. The lowest BCUT2D eigenvalue weighted by atomic mass is 10.1. The van der Waals surface area contributed by atoms with Crippen LogP contribution >= 0.6 is 24.0 Å². The van der Waals surface area contributed by atoms with Gasteiger partial charge in [0.25, 0.3) is 11.8 Å². The normalized spacial score (nSPS) is 13.0. The number of benzene rings is 2. The highest BCUT2D eigenvalue weighted by Crippen LogP contribution is 2.21. The van der Waals surface area contributed by atoms with Gasteiger partial charge in [0.15, 0.2) is 5.96 Å². The highest BCUT2D eigenvalue weighted by atomic mass is 127. The van der Waals surface area contributed by atoms with Crippen LogP contribution in [-0.2, 0) is 6.42 Å². The summed E-state index contributed by atoms with van der Waals surface area (Å²) in [5.41, 5.74) is 2.12. The van der Waals surface area contributed by atoms with Crippen LogP contribution < -0.4 is 15.4 Å². The smallest absolute Gasteiger partial charge is 0.261 e. The Morgan fingerprint density at radius 2 is 1.63 bits per heavy atom. The van der Waals surface area contributed by atoms with E-state index in [1.54, 1.807) is 31.4 Å². The zero-order chi connectivity index (χ0) is 20.6. The van der Waals surface area contributed by atoms with Crippen LogP contribution in [0, 0.1) is 0 Å². The first-order chi connectivity index (χ1) is 14.1. The maximum atomic E-state index is 12.4. The molecule has 0 fully saturated rings. The number of rotatable bonds is 8. The number of hydrogen-bond donors (Lipinski definition) is 2. The average Bonchev–Trinajstić information content (AvgIpc) is 2.99. The van der Waals surface area contributed by atoms with Gasteiger partial charge < -0.3 is 15.4 Å². The van der Waals surface area contributed by atoms with Crippen LogP contribution in [0.15, 0.2) is 53.5 Å². The Morgan fingerprint density at radius 3 is 2.20 bits per heavy atom. The van der Waals surface area contributed by atoms with Gasteiger partial charge in [0.05, 0.1) is 18.2 Å². The molecule has 0 radical (unpaired) electrons. The Morgan fingerprint density at radius 1 is 1.00 bits per heavy atom. The summed E-state index contributed by atoms with van der Waals surface area (Å²) < 4.78 is 5.17. The fraction of sp³-hybridized carbons (Fsp3) is 0.318. The number of carbonyl (C=O) groups is 2. The van der Waals surface area contributed by atoms with Gasteiger partial charge >= 0.3 is 0 Å². The summed E-state index contributed by atoms with van der Waals surface area (Å²) >= 11 is 0. The van der Waals surface area contributed by atoms with Crippen LogP contribution in [0.25, 0.3) is 0 Å². The quantitative estimate of drug-likeness (QED) is 0.241. The number of fused-ring (bicyclic) bond motifs is 1. The molecule has 2 N–H and O–H groups in total. The molecule has 30 heavy (non-hydrogen) atoms. The van der Waals surface area contributed by atoms with Crippen LogP contribution in [0.2, 0.25) is 0 Å². The zero-order valence-corrected chi connectivity index (χ0v) is 19.5. The molecule has 0 saturated carbocycles. The Kier molecular flexibility index (Phi) is 9.10. The molecule has 0 aromatic heterocycles. The molecule has 1 aliphatic rings. The highest BCUT2D eigenvalue weighted by Gasteiger charge is 2.34. The minimum atomic E-state index is -0.242. The van der Waals surface area contributed by atoms with E-state index in [0.717, 1.165) is 18.7 Å². The van der Waals surface area contributed by atoms with E-state index in [9.17, 15) is 9.59 Å². The zero-order valence-electron chi connectivity index (χ0n) is 17.2. The topological polar surface area (TPSA) is 83.0 Å². The third-order valence-electron chi connectivity index (χ3n) is 4.68.